The zero-order valence-corrected chi connectivity index (χ0v) is 16.5. The summed E-state index contributed by atoms with van der Waals surface area (Å²) in [4.78, 5) is 0. The van der Waals surface area contributed by atoms with Crippen LogP contribution in [0.25, 0.3) is 0 Å². The van der Waals surface area contributed by atoms with Crippen LogP contribution in [0.3, 0.4) is 0 Å². The van der Waals surface area contributed by atoms with Crippen LogP contribution >= 0.6 is 0 Å². The van der Waals surface area contributed by atoms with E-state index < -0.39 is 5.72 Å². The predicted octanol–water partition coefficient (Wildman–Crippen LogP) is 6.57. The van der Waals surface area contributed by atoms with Gasteiger partial charge >= 0.3 is 0 Å². The van der Waals surface area contributed by atoms with Gasteiger partial charge in [0.15, 0.2) is 0 Å². The van der Waals surface area contributed by atoms with E-state index in [2.05, 4.69) is 12.2 Å². The Labute approximate surface area is 146 Å². The standard InChI is InChI=1S/C21H45NO/c1-4-5-6-7-8-9-10-11-12-13-14-15-16-17-18-19-20-22-21(2,3)23/h22-23H,4-20H2,1-3H3. The van der Waals surface area contributed by atoms with Crippen LogP contribution < -0.4 is 5.32 Å². The van der Waals surface area contributed by atoms with E-state index >= 15 is 0 Å². The van der Waals surface area contributed by atoms with Crippen LogP contribution in [0.2, 0.25) is 0 Å². The minimum atomic E-state index is -0.713. The summed E-state index contributed by atoms with van der Waals surface area (Å²) in [7, 11) is 0. The normalized spacial score (nSPS) is 12.0. The van der Waals surface area contributed by atoms with Gasteiger partial charge in [-0.3, -0.25) is 5.32 Å². The molecule has 0 aromatic rings. The molecule has 0 amide bonds. The molecule has 0 radical (unpaired) electrons. The van der Waals surface area contributed by atoms with Crippen LogP contribution in [-0.4, -0.2) is 17.4 Å². The first-order valence-corrected chi connectivity index (χ1v) is 10.5. The van der Waals surface area contributed by atoms with Crippen molar-refractivity contribution in [3.05, 3.63) is 0 Å². The number of unbranched alkanes of at least 4 members (excludes halogenated alkanes) is 15. The molecule has 2 heteroatoms. The fraction of sp³-hybridized carbons (Fsp3) is 1.00. The smallest absolute Gasteiger partial charge is 0.110 e. The highest BCUT2D eigenvalue weighted by Gasteiger charge is 2.08. The molecular weight excluding hydrogens is 282 g/mol. The molecule has 0 aromatic heterocycles. The molecule has 2 N–H and O–H groups in total. The lowest BCUT2D eigenvalue weighted by Gasteiger charge is -2.18. The SMILES string of the molecule is CCCCCCCCCCCCCCCCCCNC(C)(C)O. The number of aliphatic hydroxyl groups is 1. The summed E-state index contributed by atoms with van der Waals surface area (Å²) >= 11 is 0. The largest absolute Gasteiger partial charge is 0.376 e. The molecule has 0 atom stereocenters. The summed E-state index contributed by atoms with van der Waals surface area (Å²) in [6.07, 6.45) is 22.5. The third-order valence-electron chi connectivity index (χ3n) is 4.59. The van der Waals surface area contributed by atoms with Crippen LogP contribution in [0.1, 0.15) is 124 Å². The second-order valence-corrected chi connectivity index (χ2v) is 7.79. The molecule has 0 saturated heterocycles. The van der Waals surface area contributed by atoms with Gasteiger partial charge < -0.3 is 5.11 Å². The molecule has 0 aliphatic heterocycles. The molecule has 0 bridgehead atoms. The molecule has 2 nitrogen and oxygen atoms in total. The monoisotopic (exact) mass is 327 g/mol. The van der Waals surface area contributed by atoms with Crippen molar-refractivity contribution in [2.75, 3.05) is 6.54 Å². The average molecular weight is 328 g/mol. The highest BCUT2D eigenvalue weighted by atomic mass is 16.3. The molecule has 0 fully saturated rings. The van der Waals surface area contributed by atoms with Crippen LogP contribution in [0.4, 0.5) is 0 Å². The third kappa shape index (κ3) is 21.9. The molecule has 0 rings (SSSR count). The van der Waals surface area contributed by atoms with Crippen molar-refractivity contribution in [1.82, 2.24) is 5.32 Å². The first-order valence-electron chi connectivity index (χ1n) is 10.5. The first-order chi connectivity index (χ1) is 11.1. The Kier molecular flexibility index (Phi) is 16.7. The van der Waals surface area contributed by atoms with Crippen molar-refractivity contribution in [3.8, 4) is 0 Å². The van der Waals surface area contributed by atoms with E-state index in [0.29, 0.717) is 0 Å². The van der Waals surface area contributed by atoms with Gasteiger partial charge in [0.2, 0.25) is 0 Å². The van der Waals surface area contributed by atoms with E-state index in [9.17, 15) is 5.11 Å². The lowest BCUT2D eigenvalue weighted by Crippen LogP contribution is -2.39. The van der Waals surface area contributed by atoms with Crippen LogP contribution in [0.5, 0.6) is 0 Å². The molecule has 0 unspecified atom stereocenters. The Hall–Kier alpha value is -0.0800. The molecule has 23 heavy (non-hydrogen) atoms. The first kappa shape index (κ1) is 22.9. The van der Waals surface area contributed by atoms with E-state index in [1.165, 1.54) is 103 Å². The maximum Gasteiger partial charge on any atom is 0.110 e. The summed E-state index contributed by atoms with van der Waals surface area (Å²) in [5, 5.41) is 12.7. The van der Waals surface area contributed by atoms with Gasteiger partial charge in [0, 0.05) is 0 Å². The fourth-order valence-electron chi connectivity index (χ4n) is 3.07. The fourth-order valence-corrected chi connectivity index (χ4v) is 3.07. The van der Waals surface area contributed by atoms with Crippen LogP contribution in [0.15, 0.2) is 0 Å². The molecule has 140 valence electrons. The van der Waals surface area contributed by atoms with Gasteiger partial charge in [-0.2, -0.15) is 0 Å². The summed E-state index contributed by atoms with van der Waals surface area (Å²) in [6, 6.07) is 0. The van der Waals surface area contributed by atoms with Gasteiger partial charge in [0.25, 0.3) is 0 Å². The van der Waals surface area contributed by atoms with E-state index in [-0.39, 0.29) is 0 Å². The van der Waals surface area contributed by atoms with E-state index in [1.807, 2.05) is 0 Å². The predicted molar refractivity (Wildman–Crippen MR) is 104 cm³/mol. The zero-order valence-electron chi connectivity index (χ0n) is 16.5. The molecule has 0 heterocycles. The number of nitrogens with one attached hydrogen (secondary N) is 1. The Bertz CT molecular complexity index is 222. The van der Waals surface area contributed by atoms with E-state index in [0.717, 1.165) is 6.54 Å². The number of rotatable bonds is 18. The second kappa shape index (κ2) is 16.8. The number of hydrogen-bond acceptors (Lipinski definition) is 2. The Balaban J connectivity index is 3.00. The van der Waals surface area contributed by atoms with Crippen molar-refractivity contribution >= 4 is 0 Å². The highest BCUT2D eigenvalue weighted by molar-refractivity contribution is 4.61. The van der Waals surface area contributed by atoms with Crippen molar-refractivity contribution < 1.29 is 5.11 Å². The molecule has 0 aliphatic carbocycles. The van der Waals surface area contributed by atoms with Gasteiger partial charge in [-0.1, -0.05) is 103 Å². The Morgan fingerprint density at radius 1 is 0.565 bits per heavy atom. The molecule has 0 aliphatic rings. The Morgan fingerprint density at radius 2 is 0.870 bits per heavy atom. The van der Waals surface area contributed by atoms with Crippen molar-refractivity contribution in [2.24, 2.45) is 0 Å². The van der Waals surface area contributed by atoms with Crippen molar-refractivity contribution in [2.45, 2.75) is 129 Å². The maximum absolute atomic E-state index is 9.53. The summed E-state index contributed by atoms with van der Waals surface area (Å²) in [5.41, 5.74) is -0.713. The third-order valence-corrected chi connectivity index (χ3v) is 4.59. The van der Waals surface area contributed by atoms with Crippen LogP contribution in [-0.2, 0) is 0 Å². The molecular formula is C21H45NO. The van der Waals surface area contributed by atoms with Crippen molar-refractivity contribution in [3.63, 3.8) is 0 Å². The number of hydrogen-bond donors (Lipinski definition) is 2. The molecule has 0 spiro atoms. The van der Waals surface area contributed by atoms with Gasteiger partial charge in [-0.05, 0) is 26.8 Å². The quantitative estimate of drug-likeness (QED) is 0.220. The molecule has 0 saturated carbocycles. The summed E-state index contributed by atoms with van der Waals surface area (Å²) in [6.45, 7) is 6.83. The lowest BCUT2D eigenvalue weighted by molar-refractivity contribution is 0.0435. The Morgan fingerprint density at radius 3 is 1.17 bits per heavy atom. The molecule has 0 aromatic carbocycles. The summed E-state index contributed by atoms with van der Waals surface area (Å²) < 4.78 is 0. The minimum absolute atomic E-state index is 0.713. The van der Waals surface area contributed by atoms with Gasteiger partial charge in [0.1, 0.15) is 5.72 Å². The van der Waals surface area contributed by atoms with E-state index in [1.54, 1.807) is 13.8 Å². The minimum Gasteiger partial charge on any atom is -0.376 e. The van der Waals surface area contributed by atoms with E-state index in [4.69, 9.17) is 0 Å². The van der Waals surface area contributed by atoms with Crippen LogP contribution in [0, 0.1) is 0 Å². The average Bonchev–Trinajstić information content (AvgIpc) is 2.49. The van der Waals surface area contributed by atoms with Crippen molar-refractivity contribution in [1.29, 1.82) is 0 Å². The zero-order chi connectivity index (χ0) is 17.2. The lowest BCUT2D eigenvalue weighted by atomic mass is 10.0. The summed E-state index contributed by atoms with van der Waals surface area (Å²) in [5.74, 6) is 0. The van der Waals surface area contributed by atoms with Gasteiger partial charge in [0.05, 0.1) is 0 Å². The van der Waals surface area contributed by atoms with Gasteiger partial charge in [-0.25, -0.2) is 0 Å². The van der Waals surface area contributed by atoms with Gasteiger partial charge in [-0.15, -0.1) is 0 Å². The second-order valence-electron chi connectivity index (χ2n) is 7.79. The maximum atomic E-state index is 9.53. The highest BCUT2D eigenvalue weighted by Crippen LogP contribution is 2.13. The topological polar surface area (TPSA) is 32.3 Å².